The maximum absolute atomic E-state index is 13.0. The summed E-state index contributed by atoms with van der Waals surface area (Å²) in [4.78, 5) is 16.9. The lowest BCUT2D eigenvalue weighted by Crippen LogP contribution is -2.52. The molecule has 2 aliphatic rings. The third-order valence-electron chi connectivity index (χ3n) is 5.21. The maximum Gasteiger partial charge on any atom is 0.227 e. The maximum atomic E-state index is 13.0. The number of piperidine rings is 1. The molecule has 1 aromatic rings. The van der Waals surface area contributed by atoms with Crippen LogP contribution in [-0.2, 0) is 21.4 Å². The van der Waals surface area contributed by atoms with E-state index in [-0.39, 0.29) is 17.6 Å². The number of amides is 1. The molecule has 2 heterocycles. The number of sulfonamides is 1. The molecule has 3 rings (SSSR count). The minimum atomic E-state index is -3.24. The molecule has 0 spiro atoms. The lowest BCUT2D eigenvalue weighted by molar-refractivity contribution is -0.138. The summed E-state index contributed by atoms with van der Waals surface area (Å²) in [6.45, 7) is 4.39. The Kier molecular flexibility index (Phi) is 5.94. The van der Waals surface area contributed by atoms with E-state index in [1.165, 1.54) is 22.7 Å². The standard InChI is InChI=1S/C18H26FN3O3S/c1-26(24,25)22-8-2-3-16(14-22)18(23)21-11-9-20(10-12-21)13-15-4-6-17(19)7-5-15/h4-7,16H,2-3,8-14H2,1H3/t16-/m1/s1. The first kappa shape index (κ1) is 19.3. The molecule has 0 unspecified atom stereocenters. The van der Waals surface area contributed by atoms with Gasteiger partial charge < -0.3 is 4.90 Å². The summed E-state index contributed by atoms with van der Waals surface area (Å²) in [7, 11) is -3.24. The molecule has 144 valence electrons. The molecule has 1 aromatic carbocycles. The van der Waals surface area contributed by atoms with E-state index in [0.29, 0.717) is 26.2 Å². The van der Waals surface area contributed by atoms with Crippen molar-refractivity contribution < 1.29 is 17.6 Å². The average molecular weight is 383 g/mol. The molecule has 1 amide bonds. The SMILES string of the molecule is CS(=O)(=O)N1CCC[C@@H](C(=O)N2CCN(Cc3ccc(F)cc3)CC2)C1. The molecule has 0 bridgehead atoms. The second-order valence-corrected chi connectivity index (χ2v) is 9.17. The lowest BCUT2D eigenvalue weighted by Gasteiger charge is -2.38. The number of carbonyl (C=O) groups excluding carboxylic acids is 1. The molecule has 0 radical (unpaired) electrons. The van der Waals surface area contributed by atoms with Crippen LogP contribution in [0.3, 0.4) is 0 Å². The van der Waals surface area contributed by atoms with Gasteiger partial charge in [0.05, 0.1) is 12.2 Å². The summed E-state index contributed by atoms with van der Waals surface area (Å²) in [5, 5.41) is 0. The van der Waals surface area contributed by atoms with Crippen molar-refractivity contribution in [2.75, 3.05) is 45.5 Å². The van der Waals surface area contributed by atoms with Crippen molar-refractivity contribution in [2.45, 2.75) is 19.4 Å². The molecular weight excluding hydrogens is 357 g/mol. The van der Waals surface area contributed by atoms with Gasteiger partial charge in [0.15, 0.2) is 0 Å². The highest BCUT2D eigenvalue weighted by molar-refractivity contribution is 7.88. The quantitative estimate of drug-likeness (QED) is 0.782. The first-order chi connectivity index (χ1) is 12.3. The molecule has 2 saturated heterocycles. The van der Waals surface area contributed by atoms with Crippen LogP contribution >= 0.6 is 0 Å². The molecule has 26 heavy (non-hydrogen) atoms. The van der Waals surface area contributed by atoms with Crippen LogP contribution in [-0.4, -0.2) is 74.0 Å². The van der Waals surface area contributed by atoms with Gasteiger partial charge in [0, 0.05) is 45.8 Å². The zero-order valence-corrected chi connectivity index (χ0v) is 15.9. The Bertz CT molecular complexity index is 731. The molecule has 8 heteroatoms. The van der Waals surface area contributed by atoms with E-state index in [1.54, 1.807) is 12.1 Å². The number of rotatable bonds is 4. The average Bonchev–Trinajstić information content (AvgIpc) is 2.63. The number of nitrogens with zero attached hydrogens (tertiary/aromatic N) is 3. The van der Waals surface area contributed by atoms with E-state index in [2.05, 4.69) is 4.90 Å². The molecule has 1 atom stereocenters. The van der Waals surface area contributed by atoms with Crippen molar-refractivity contribution in [3.05, 3.63) is 35.6 Å². The Balaban J connectivity index is 1.51. The minimum Gasteiger partial charge on any atom is -0.340 e. The van der Waals surface area contributed by atoms with Gasteiger partial charge in [0.2, 0.25) is 15.9 Å². The Morgan fingerprint density at radius 2 is 1.77 bits per heavy atom. The fraction of sp³-hybridized carbons (Fsp3) is 0.611. The lowest BCUT2D eigenvalue weighted by atomic mass is 9.97. The number of hydrogen-bond acceptors (Lipinski definition) is 4. The zero-order valence-electron chi connectivity index (χ0n) is 15.1. The smallest absolute Gasteiger partial charge is 0.227 e. The van der Waals surface area contributed by atoms with Crippen LogP contribution < -0.4 is 0 Å². The van der Waals surface area contributed by atoms with Crippen molar-refractivity contribution in [2.24, 2.45) is 5.92 Å². The van der Waals surface area contributed by atoms with Crippen LogP contribution in [0.15, 0.2) is 24.3 Å². The summed E-state index contributed by atoms with van der Waals surface area (Å²) in [6, 6.07) is 6.50. The van der Waals surface area contributed by atoms with Crippen molar-refractivity contribution in [3.63, 3.8) is 0 Å². The molecule has 2 fully saturated rings. The normalized spacial score (nSPS) is 23.2. The van der Waals surface area contributed by atoms with Gasteiger partial charge in [0.1, 0.15) is 5.82 Å². The highest BCUT2D eigenvalue weighted by atomic mass is 32.2. The fourth-order valence-corrected chi connectivity index (χ4v) is 4.59. The number of piperazine rings is 1. The predicted molar refractivity (Wildman–Crippen MR) is 97.4 cm³/mol. The van der Waals surface area contributed by atoms with Crippen molar-refractivity contribution in [1.29, 1.82) is 0 Å². The zero-order chi connectivity index (χ0) is 18.7. The van der Waals surface area contributed by atoms with E-state index in [0.717, 1.165) is 38.0 Å². The fourth-order valence-electron chi connectivity index (χ4n) is 3.68. The van der Waals surface area contributed by atoms with E-state index >= 15 is 0 Å². The topological polar surface area (TPSA) is 60.9 Å². The summed E-state index contributed by atoms with van der Waals surface area (Å²) >= 11 is 0. The van der Waals surface area contributed by atoms with Gasteiger partial charge in [-0.2, -0.15) is 0 Å². The number of benzene rings is 1. The van der Waals surface area contributed by atoms with Crippen LogP contribution in [0.1, 0.15) is 18.4 Å². The summed E-state index contributed by atoms with van der Waals surface area (Å²) in [5.41, 5.74) is 1.06. The summed E-state index contributed by atoms with van der Waals surface area (Å²) < 4.78 is 37.9. The Labute approximate surface area is 154 Å². The van der Waals surface area contributed by atoms with Gasteiger partial charge in [-0.3, -0.25) is 9.69 Å². The van der Waals surface area contributed by atoms with Crippen LogP contribution in [0.5, 0.6) is 0 Å². The number of halogens is 1. The predicted octanol–water partition coefficient (Wildman–Crippen LogP) is 1.14. The van der Waals surface area contributed by atoms with E-state index in [9.17, 15) is 17.6 Å². The third-order valence-corrected chi connectivity index (χ3v) is 6.48. The first-order valence-corrected chi connectivity index (χ1v) is 10.9. The van der Waals surface area contributed by atoms with Crippen LogP contribution in [0.2, 0.25) is 0 Å². The van der Waals surface area contributed by atoms with Gasteiger partial charge >= 0.3 is 0 Å². The second kappa shape index (κ2) is 8.02. The number of hydrogen-bond donors (Lipinski definition) is 0. The summed E-state index contributed by atoms with van der Waals surface area (Å²) in [5.74, 6) is -0.401. The third kappa shape index (κ3) is 4.81. The largest absolute Gasteiger partial charge is 0.340 e. The van der Waals surface area contributed by atoms with E-state index in [4.69, 9.17) is 0 Å². The first-order valence-electron chi connectivity index (χ1n) is 9.03. The molecule has 0 aromatic heterocycles. The molecule has 0 saturated carbocycles. The van der Waals surface area contributed by atoms with Crippen molar-refractivity contribution in [3.8, 4) is 0 Å². The Morgan fingerprint density at radius 1 is 1.12 bits per heavy atom. The second-order valence-electron chi connectivity index (χ2n) is 7.19. The Hall–Kier alpha value is -1.51. The van der Waals surface area contributed by atoms with E-state index in [1.807, 2.05) is 4.90 Å². The van der Waals surface area contributed by atoms with Crippen LogP contribution in [0.4, 0.5) is 4.39 Å². The Morgan fingerprint density at radius 3 is 2.38 bits per heavy atom. The highest BCUT2D eigenvalue weighted by Crippen LogP contribution is 2.21. The molecular formula is C18H26FN3O3S. The summed E-state index contributed by atoms with van der Waals surface area (Å²) in [6.07, 6.45) is 2.68. The van der Waals surface area contributed by atoms with Crippen molar-refractivity contribution >= 4 is 15.9 Å². The van der Waals surface area contributed by atoms with E-state index < -0.39 is 10.0 Å². The van der Waals surface area contributed by atoms with Gasteiger partial charge in [-0.1, -0.05) is 12.1 Å². The molecule has 0 aliphatic carbocycles. The van der Waals surface area contributed by atoms with Gasteiger partial charge in [-0.05, 0) is 30.5 Å². The van der Waals surface area contributed by atoms with Gasteiger partial charge in [-0.15, -0.1) is 0 Å². The molecule has 0 N–H and O–H groups in total. The monoisotopic (exact) mass is 383 g/mol. The van der Waals surface area contributed by atoms with Crippen LogP contribution in [0, 0.1) is 11.7 Å². The number of carbonyl (C=O) groups is 1. The van der Waals surface area contributed by atoms with Crippen LogP contribution in [0.25, 0.3) is 0 Å². The van der Waals surface area contributed by atoms with Gasteiger partial charge in [-0.25, -0.2) is 17.1 Å². The van der Waals surface area contributed by atoms with Crippen molar-refractivity contribution in [1.82, 2.24) is 14.1 Å². The van der Waals surface area contributed by atoms with Gasteiger partial charge in [0.25, 0.3) is 0 Å². The highest BCUT2D eigenvalue weighted by Gasteiger charge is 2.33. The molecule has 2 aliphatic heterocycles. The molecule has 6 nitrogen and oxygen atoms in total. The minimum absolute atomic E-state index is 0.0692.